The highest BCUT2D eigenvalue weighted by molar-refractivity contribution is 6.30. The third-order valence-electron chi connectivity index (χ3n) is 3.00. The molecule has 1 aromatic heterocycles. The molecule has 0 spiro atoms. The van der Waals surface area contributed by atoms with Gasteiger partial charge < -0.3 is 4.74 Å². The molecule has 0 N–H and O–H groups in total. The zero-order valence-electron chi connectivity index (χ0n) is 9.38. The van der Waals surface area contributed by atoms with Gasteiger partial charge >= 0.3 is 0 Å². The molecule has 0 saturated heterocycles. The summed E-state index contributed by atoms with van der Waals surface area (Å²) in [6.07, 6.45) is 2.67. The summed E-state index contributed by atoms with van der Waals surface area (Å²) in [6, 6.07) is 1.85. The van der Waals surface area contributed by atoms with Crippen LogP contribution >= 0.6 is 11.6 Å². The van der Waals surface area contributed by atoms with Crippen molar-refractivity contribution in [3.8, 4) is 5.75 Å². The number of rotatable bonds is 0. The topological polar surface area (TPSA) is 22.1 Å². The van der Waals surface area contributed by atoms with Gasteiger partial charge in [-0.3, -0.25) is 4.98 Å². The van der Waals surface area contributed by atoms with Crippen LogP contribution in [-0.2, 0) is 6.42 Å². The Bertz CT molecular complexity index is 370. The summed E-state index contributed by atoms with van der Waals surface area (Å²) in [5, 5.41) is 0.642. The molecule has 0 aliphatic carbocycles. The maximum absolute atomic E-state index is 5.86. The third-order valence-corrected chi connectivity index (χ3v) is 3.21. The molecule has 2 heterocycles. The second-order valence-corrected chi connectivity index (χ2v) is 5.61. The number of hydrogen-bond acceptors (Lipinski definition) is 2. The second kappa shape index (κ2) is 3.67. The van der Waals surface area contributed by atoms with Gasteiger partial charge in [0.15, 0.2) is 0 Å². The second-order valence-electron chi connectivity index (χ2n) is 5.18. The smallest absolute Gasteiger partial charge is 0.142 e. The van der Waals surface area contributed by atoms with Crippen molar-refractivity contribution >= 4 is 11.6 Å². The Morgan fingerprint density at radius 1 is 1.47 bits per heavy atom. The van der Waals surface area contributed by atoms with Crippen molar-refractivity contribution in [2.24, 2.45) is 11.3 Å². The van der Waals surface area contributed by atoms with Gasteiger partial charge in [0.1, 0.15) is 5.75 Å². The maximum Gasteiger partial charge on any atom is 0.142 e. The number of pyridine rings is 1. The Labute approximate surface area is 95.6 Å². The van der Waals surface area contributed by atoms with Crippen LogP contribution in [0.5, 0.6) is 5.75 Å². The van der Waals surface area contributed by atoms with Gasteiger partial charge in [0, 0.05) is 18.2 Å². The van der Waals surface area contributed by atoms with Gasteiger partial charge in [-0.25, -0.2) is 0 Å². The van der Waals surface area contributed by atoms with Crippen molar-refractivity contribution < 1.29 is 4.74 Å². The highest BCUT2D eigenvalue weighted by Gasteiger charge is 2.30. The number of fused-ring (bicyclic) bond motifs is 1. The first-order valence-electron chi connectivity index (χ1n) is 5.24. The first-order valence-corrected chi connectivity index (χ1v) is 5.62. The molecule has 82 valence electrons. The third kappa shape index (κ3) is 2.25. The van der Waals surface area contributed by atoms with Crippen LogP contribution < -0.4 is 4.74 Å². The van der Waals surface area contributed by atoms with Gasteiger partial charge in [0.2, 0.25) is 0 Å². The van der Waals surface area contributed by atoms with Gasteiger partial charge in [-0.05, 0) is 11.8 Å². The van der Waals surface area contributed by atoms with E-state index in [9.17, 15) is 0 Å². The van der Waals surface area contributed by atoms with Gasteiger partial charge in [0.05, 0.1) is 17.3 Å². The zero-order valence-corrected chi connectivity index (χ0v) is 10.1. The first kappa shape index (κ1) is 10.7. The summed E-state index contributed by atoms with van der Waals surface area (Å²) in [7, 11) is 0. The fourth-order valence-electron chi connectivity index (χ4n) is 1.77. The highest BCUT2D eigenvalue weighted by Crippen LogP contribution is 2.36. The van der Waals surface area contributed by atoms with E-state index >= 15 is 0 Å². The van der Waals surface area contributed by atoms with Crippen LogP contribution in [0.3, 0.4) is 0 Å². The quantitative estimate of drug-likeness (QED) is 0.676. The SMILES string of the molecule is CC(C)(C)C1COc2cc(Cl)cnc2C1. The predicted molar refractivity (Wildman–Crippen MR) is 61.4 cm³/mol. The lowest BCUT2D eigenvalue weighted by molar-refractivity contribution is 0.125. The minimum atomic E-state index is 0.263. The fourth-order valence-corrected chi connectivity index (χ4v) is 1.91. The first-order chi connectivity index (χ1) is 6.97. The lowest BCUT2D eigenvalue weighted by Gasteiger charge is -2.34. The van der Waals surface area contributed by atoms with Crippen LogP contribution in [0.1, 0.15) is 26.5 Å². The van der Waals surface area contributed by atoms with E-state index in [-0.39, 0.29) is 5.41 Å². The van der Waals surface area contributed by atoms with Crippen LogP contribution in [0.2, 0.25) is 5.02 Å². The average Bonchev–Trinajstić information content (AvgIpc) is 2.15. The molecule has 1 atom stereocenters. The summed E-state index contributed by atoms with van der Waals surface area (Å²) in [6.45, 7) is 7.48. The van der Waals surface area contributed by atoms with Gasteiger partial charge in [-0.2, -0.15) is 0 Å². The van der Waals surface area contributed by atoms with Crippen LogP contribution in [-0.4, -0.2) is 11.6 Å². The van der Waals surface area contributed by atoms with Crippen molar-refractivity contribution in [1.29, 1.82) is 0 Å². The monoisotopic (exact) mass is 225 g/mol. The predicted octanol–water partition coefficient (Wildman–Crippen LogP) is 3.33. The van der Waals surface area contributed by atoms with E-state index in [1.54, 1.807) is 6.20 Å². The Kier molecular flexibility index (Phi) is 2.63. The number of aromatic nitrogens is 1. The lowest BCUT2D eigenvalue weighted by atomic mass is 9.77. The highest BCUT2D eigenvalue weighted by atomic mass is 35.5. The molecule has 0 saturated carbocycles. The Balaban J connectivity index is 2.24. The number of halogens is 1. The summed E-state index contributed by atoms with van der Waals surface area (Å²) in [5.41, 5.74) is 1.30. The zero-order chi connectivity index (χ0) is 11.1. The Hall–Kier alpha value is -0.760. The summed E-state index contributed by atoms with van der Waals surface area (Å²) >= 11 is 5.86. The molecule has 2 rings (SSSR count). The number of ether oxygens (including phenoxy) is 1. The number of nitrogens with zero attached hydrogens (tertiary/aromatic N) is 1. The van der Waals surface area contributed by atoms with Crippen molar-refractivity contribution in [3.05, 3.63) is 23.0 Å². The van der Waals surface area contributed by atoms with Crippen LogP contribution in [0.15, 0.2) is 12.3 Å². The van der Waals surface area contributed by atoms with Gasteiger partial charge in [-0.1, -0.05) is 32.4 Å². The Morgan fingerprint density at radius 2 is 2.20 bits per heavy atom. The minimum absolute atomic E-state index is 0.263. The Morgan fingerprint density at radius 3 is 2.87 bits per heavy atom. The van der Waals surface area contributed by atoms with Crippen LogP contribution in [0, 0.1) is 11.3 Å². The molecule has 1 aliphatic heterocycles. The van der Waals surface area contributed by atoms with E-state index in [4.69, 9.17) is 16.3 Å². The molecule has 1 unspecified atom stereocenters. The van der Waals surface area contributed by atoms with Crippen molar-refractivity contribution in [2.75, 3.05) is 6.61 Å². The van der Waals surface area contributed by atoms with E-state index < -0.39 is 0 Å². The molecular formula is C12H16ClNO. The standard InChI is InChI=1S/C12H16ClNO/c1-12(2,3)8-4-10-11(15-7-8)5-9(13)6-14-10/h5-6,8H,4,7H2,1-3H3. The molecule has 1 aliphatic rings. The van der Waals surface area contributed by atoms with Crippen LogP contribution in [0.4, 0.5) is 0 Å². The van der Waals surface area contributed by atoms with Crippen molar-refractivity contribution in [1.82, 2.24) is 4.98 Å². The molecule has 0 amide bonds. The molecule has 0 bridgehead atoms. The molecular weight excluding hydrogens is 210 g/mol. The molecule has 0 fully saturated rings. The van der Waals surface area contributed by atoms with Crippen molar-refractivity contribution in [2.45, 2.75) is 27.2 Å². The van der Waals surface area contributed by atoms with E-state index in [1.165, 1.54) is 0 Å². The maximum atomic E-state index is 5.86. The molecule has 2 nitrogen and oxygen atoms in total. The normalized spacial score (nSPS) is 20.7. The molecule has 0 radical (unpaired) electrons. The van der Waals surface area contributed by atoms with E-state index in [2.05, 4.69) is 25.8 Å². The van der Waals surface area contributed by atoms with Crippen LogP contribution in [0.25, 0.3) is 0 Å². The summed E-state index contributed by atoms with van der Waals surface area (Å²) < 4.78 is 5.70. The fraction of sp³-hybridized carbons (Fsp3) is 0.583. The van der Waals surface area contributed by atoms with Gasteiger partial charge in [0.25, 0.3) is 0 Å². The van der Waals surface area contributed by atoms with E-state index in [0.717, 1.165) is 24.5 Å². The van der Waals surface area contributed by atoms with Gasteiger partial charge in [-0.15, -0.1) is 0 Å². The van der Waals surface area contributed by atoms with Crippen molar-refractivity contribution in [3.63, 3.8) is 0 Å². The number of hydrogen-bond donors (Lipinski definition) is 0. The summed E-state index contributed by atoms with van der Waals surface area (Å²) in [5.74, 6) is 1.38. The molecule has 0 aromatic carbocycles. The molecule has 1 aromatic rings. The van der Waals surface area contributed by atoms with E-state index in [1.807, 2.05) is 6.07 Å². The van der Waals surface area contributed by atoms with E-state index in [0.29, 0.717) is 10.9 Å². The molecule has 3 heteroatoms. The lowest BCUT2D eigenvalue weighted by Crippen LogP contribution is -2.32. The molecule has 15 heavy (non-hydrogen) atoms. The summed E-state index contributed by atoms with van der Waals surface area (Å²) in [4.78, 5) is 4.33. The minimum Gasteiger partial charge on any atom is -0.491 e. The average molecular weight is 226 g/mol. The largest absolute Gasteiger partial charge is 0.491 e.